The molecule has 2 amide bonds. The number of aromatic nitrogens is 1. The second-order valence-electron chi connectivity index (χ2n) is 7.02. The van der Waals surface area contributed by atoms with E-state index in [0.29, 0.717) is 0 Å². The van der Waals surface area contributed by atoms with Crippen LogP contribution in [0.2, 0.25) is 0 Å². The number of nitrogens with zero attached hydrogens (tertiary/aromatic N) is 2. The van der Waals surface area contributed by atoms with Crippen LogP contribution in [0.4, 0.5) is 10.5 Å². The zero-order chi connectivity index (χ0) is 17.5. The van der Waals surface area contributed by atoms with Crippen molar-refractivity contribution in [3.05, 3.63) is 65.9 Å². The number of hydrogen-bond donors (Lipinski definition) is 2. The fourth-order valence-corrected chi connectivity index (χ4v) is 4.28. The number of carbonyl (C=O) groups excluding carboxylic acids is 1. The number of rotatable bonds is 1. The van der Waals surface area contributed by atoms with Crippen LogP contribution in [-0.2, 0) is 6.42 Å². The number of anilines is 1. The molecule has 1 aromatic heterocycles. The molecule has 2 N–H and O–H groups in total. The average Bonchev–Trinajstić information content (AvgIpc) is 3.32. The molecule has 0 aliphatic carbocycles. The highest BCUT2D eigenvalue weighted by Gasteiger charge is 2.37. The molecule has 5 heteroatoms. The van der Waals surface area contributed by atoms with Gasteiger partial charge < -0.3 is 15.2 Å². The van der Waals surface area contributed by atoms with Crippen molar-refractivity contribution in [2.45, 2.75) is 12.5 Å². The third-order valence-corrected chi connectivity index (χ3v) is 5.56. The van der Waals surface area contributed by atoms with Gasteiger partial charge in [0.2, 0.25) is 0 Å². The smallest absolute Gasteiger partial charge is 0.325 e. The Labute approximate surface area is 152 Å². The van der Waals surface area contributed by atoms with Crippen molar-refractivity contribution in [1.82, 2.24) is 15.2 Å². The lowest BCUT2D eigenvalue weighted by Crippen LogP contribution is -2.51. The molecule has 1 atom stereocenters. The Kier molecular flexibility index (Phi) is 3.68. The normalized spacial score (nSPS) is 19.8. The van der Waals surface area contributed by atoms with Crippen molar-refractivity contribution in [1.29, 1.82) is 0 Å². The van der Waals surface area contributed by atoms with Crippen LogP contribution in [-0.4, -0.2) is 42.1 Å². The van der Waals surface area contributed by atoms with Crippen molar-refractivity contribution in [3.63, 3.8) is 0 Å². The summed E-state index contributed by atoms with van der Waals surface area (Å²) < 4.78 is 0. The summed E-state index contributed by atoms with van der Waals surface area (Å²) in [5.74, 6) is 0. The quantitative estimate of drug-likeness (QED) is 0.710. The number of aromatic amines is 1. The number of urea groups is 1. The first-order valence-electron chi connectivity index (χ1n) is 9.26. The second-order valence-corrected chi connectivity index (χ2v) is 7.02. The molecule has 5 rings (SSSR count). The summed E-state index contributed by atoms with van der Waals surface area (Å²) >= 11 is 0. The third-order valence-electron chi connectivity index (χ3n) is 5.56. The van der Waals surface area contributed by atoms with Crippen LogP contribution in [0, 0.1) is 0 Å². The van der Waals surface area contributed by atoms with Crippen LogP contribution < -0.4 is 10.2 Å². The molecule has 0 saturated carbocycles. The molecule has 1 saturated heterocycles. The molecule has 132 valence electrons. The van der Waals surface area contributed by atoms with Gasteiger partial charge in [0.1, 0.15) is 0 Å². The van der Waals surface area contributed by atoms with Gasteiger partial charge in [-0.15, -0.1) is 0 Å². The predicted octanol–water partition coefficient (Wildman–Crippen LogP) is 3.30. The molecule has 2 aromatic carbocycles. The summed E-state index contributed by atoms with van der Waals surface area (Å²) in [6.07, 6.45) is 2.83. The van der Waals surface area contributed by atoms with E-state index in [4.69, 9.17) is 0 Å². The molecule has 2 aliphatic rings. The molecule has 26 heavy (non-hydrogen) atoms. The van der Waals surface area contributed by atoms with Gasteiger partial charge in [-0.2, -0.15) is 0 Å². The molecule has 1 unspecified atom stereocenters. The third kappa shape index (κ3) is 2.39. The maximum absolute atomic E-state index is 13.4. The highest BCUT2D eigenvalue weighted by molar-refractivity contribution is 5.97. The van der Waals surface area contributed by atoms with E-state index in [2.05, 4.69) is 52.8 Å². The number of nitrogens with one attached hydrogen (secondary N) is 2. The van der Waals surface area contributed by atoms with Gasteiger partial charge in [0.05, 0.1) is 6.04 Å². The van der Waals surface area contributed by atoms with Crippen LogP contribution in [0.15, 0.2) is 54.7 Å². The van der Waals surface area contributed by atoms with Crippen molar-refractivity contribution in [2.24, 2.45) is 0 Å². The summed E-state index contributed by atoms with van der Waals surface area (Å²) in [6.45, 7) is 3.25. The summed E-state index contributed by atoms with van der Waals surface area (Å²) in [7, 11) is 0. The molecule has 0 radical (unpaired) electrons. The van der Waals surface area contributed by atoms with Crippen LogP contribution in [0.3, 0.4) is 0 Å². The minimum absolute atomic E-state index is 0.0364. The molecule has 1 fully saturated rings. The second kappa shape index (κ2) is 6.18. The van der Waals surface area contributed by atoms with Crippen molar-refractivity contribution >= 4 is 22.6 Å². The highest BCUT2D eigenvalue weighted by atomic mass is 16.2. The molecular formula is C21H22N4O. The Morgan fingerprint density at radius 2 is 1.85 bits per heavy atom. The lowest BCUT2D eigenvalue weighted by Gasteiger charge is -2.35. The number of carbonyl (C=O) groups is 1. The van der Waals surface area contributed by atoms with E-state index >= 15 is 0 Å². The zero-order valence-corrected chi connectivity index (χ0v) is 14.6. The summed E-state index contributed by atoms with van der Waals surface area (Å²) in [4.78, 5) is 20.7. The highest BCUT2D eigenvalue weighted by Crippen LogP contribution is 2.42. The topological polar surface area (TPSA) is 51.4 Å². The maximum atomic E-state index is 13.4. The number of benzene rings is 2. The Morgan fingerprint density at radius 1 is 1.00 bits per heavy atom. The number of para-hydroxylation sites is 1. The molecule has 0 bridgehead atoms. The summed E-state index contributed by atoms with van der Waals surface area (Å²) in [6, 6.07) is 16.9. The van der Waals surface area contributed by atoms with E-state index in [9.17, 15) is 4.79 Å². The maximum Gasteiger partial charge on any atom is 0.325 e. The fourth-order valence-electron chi connectivity index (χ4n) is 4.28. The number of H-pyrrole nitrogens is 1. The van der Waals surface area contributed by atoms with Gasteiger partial charge in [-0.05, 0) is 35.7 Å². The van der Waals surface area contributed by atoms with Gasteiger partial charge in [0, 0.05) is 49.0 Å². The van der Waals surface area contributed by atoms with E-state index in [-0.39, 0.29) is 12.1 Å². The molecule has 3 aromatic rings. The molecule has 0 spiro atoms. The van der Waals surface area contributed by atoms with E-state index in [1.807, 2.05) is 22.1 Å². The van der Waals surface area contributed by atoms with Crippen LogP contribution in [0.1, 0.15) is 17.2 Å². The van der Waals surface area contributed by atoms with Crippen molar-refractivity contribution < 1.29 is 4.79 Å². The standard InChI is InChI=1S/C21H22N4O/c26-21(24-12-10-22-11-13-24)25-19-7-2-1-4-15(19)14-20(25)17-5-3-6-18-16(17)8-9-23-18/h1-9,20,22-23H,10-14H2. The van der Waals surface area contributed by atoms with Crippen LogP contribution >= 0.6 is 0 Å². The van der Waals surface area contributed by atoms with Crippen molar-refractivity contribution in [3.8, 4) is 0 Å². The largest absolute Gasteiger partial charge is 0.361 e. The molecule has 5 nitrogen and oxygen atoms in total. The number of hydrogen-bond acceptors (Lipinski definition) is 2. The predicted molar refractivity (Wildman–Crippen MR) is 104 cm³/mol. The van der Waals surface area contributed by atoms with Crippen LogP contribution in [0.5, 0.6) is 0 Å². The molecule has 3 heterocycles. The Hall–Kier alpha value is -2.79. The Morgan fingerprint density at radius 3 is 2.73 bits per heavy atom. The Balaban J connectivity index is 1.60. The van der Waals surface area contributed by atoms with Gasteiger partial charge in [0.25, 0.3) is 0 Å². The zero-order valence-electron chi connectivity index (χ0n) is 14.6. The monoisotopic (exact) mass is 346 g/mol. The van der Waals surface area contributed by atoms with Gasteiger partial charge in [-0.25, -0.2) is 4.79 Å². The van der Waals surface area contributed by atoms with E-state index in [1.165, 1.54) is 16.5 Å². The summed E-state index contributed by atoms with van der Waals surface area (Å²) in [5, 5.41) is 4.52. The average molecular weight is 346 g/mol. The van der Waals surface area contributed by atoms with Gasteiger partial charge >= 0.3 is 6.03 Å². The van der Waals surface area contributed by atoms with Crippen LogP contribution in [0.25, 0.3) is 10.9 Å². The first kappa shape index (κ1) is 15.5. The molecule has 2 aliphatic heterocycles. The minimum atomic E-state index is 0.0364. The van der Waals surface area contributed by atoms with Gasteiger partial charge in [-0.1, -0.05) is 30.3 Å². The first-order valence-corrected chi connectivity index (χ1v) is 9.26. The van der Waals surface area contributed by atoms with E-state index in [1.54, 1.807) is 0 Å². The fraction of sp³-hybridized carbons (Fsp3) is 0.286. The van der Waals surface area contributed by atoms with Gasteiger partial charge in [0.15, 0.2) is 0 Å². The van der Waals surface area contributed by atoms with E-state index < -0.39 is 0 Å². The Bertz CT molecular complexity index is 957. The number of fused-ring (bicyclic) bond motifs is 2. The lowest BCUT2D eigenvalue weighted by molar-refractivity contribution is 0.195. The number of amides is 2. The van der Waals surface area contributed by atoms with E-state index in [0.717, 1.165) is 43.8 Å². The van der Waals surface area contributed by atoms with Crippen molar-refractivity contribution in [2.75, 3.05) is 31.1 Å². The SMILES string of the molecule is O=C(N1CCNCC1)N1c2ccccc2CC1c1cccc2[nH]ccc12. The lowest BCUT2D eigenvalue weighted by atomic mass is 9.99. The van der Waals surface area contributed by atoms with Gasteiger partial charge in [-0.3, -0.25) is 4.90 Å². The first-order chi connectivity index (χ1) is 12.8. The molecular weight excluding hydrogens is 324 g/mol. The minimum Gasteiger partial charge on any atom is -0.361 e. The summed E-state index contributed by atoms with van der Waals surface area (Å²) in [5.41, 5.74) is 4.62. The number of piperazine rings is 1.